The maximum atomic E-state index is 10.5. The highest BCUT2D eigenvalue weighted by Crippen LogP contribution is 2.55. The van der Waals surface area contributed by atoms with Gasteiger partial charge in [-0.2, -0.15) is 0 Å². The van der Waals surface area contributed by atoms with Gasteiger partial charge in [0.2, 0.25) is 0 Å². The maximum Gasteiger partial charge on any atom is 0.119 e. The summed E-state index contributed by atoms with van der Waals surface area (Å²) in [6, 6.07) is 4.31. The number of aromatic hydroxyl groups is 1. The third-order valence-corrected chi connectivity index (χ3v) is 5.80. The van der Waals surface area contributed by atoms with Crippen LogP contribution in [-0.2, 0) is 11.8 Å². The van der Waals surface area contributed by atoms with Crippen LogP contribution < -0.4 is 0 Å². The van der Waals surface area contributed by atoms with Gasteiger partial charge in [0.05, 0.1) is 0 Å². The van der Waals surface area contributed by atoms with Gasteiger partial charge in [0, 0.05) is 5.41 Å². The van der Waals surface area contributed by atoms with Gasteiger partial charge in [0.15, 0.2) is 0 Å². The van der Waals surface area contributed by atoms with E-state index in [4.69, 9.17) is 0 Å². The van der Waals surface area contributed by atoms with Crippen LogP contribution in [0.4, 0.5) is 0 Å². The molecular weight excluding hydrogens is 256 g/mol. The summed E-state index contributed by atoms with van der Waals surface area (Å²) in [6.07, 6.45) is 7.24. The second kappa shape index (κ2) is 4.63. The van der Waals surface area contributed by atoms with E-state index >= 15 is 0 Å². The Morgan fingerprint density at radius 1 is 1.10 bits per heavy atom. The van der Waals surface area contributed by atoms with Gasteiger partial charge in [-0.05, 0) is 53.4 Å². The Bertz CT molecular complexity index is 607. The zero-order valence-corrected chi connectivity index (χ0v) is 14.1. The van der Waals surface area contributed by atoms with E-state index in [-0.39, 0.29) is 10.8 Å². The first kappa shape index (κ1) is 14.7. The first-order valence-electron chi connectivity index (χ1n) is 8.33. The summed E-state index contributed by atoms with van der Waals surface area (Å²) in [6.45, 7) is 11.4. The fraction of sp³-hybridized carbons (Fsp3) is 0.600. The molecule has 0 spiro atoms. The molecule has 3 rings (SSSR count). The number of allylic oxidation sites excluding steroid dienone is 2. The van der Waals surface area contributed by atoms with E-state index in [9.17, 15) is 5.11 Å². The first-order chi connectivity index (χ1) is 9.75. The third-order valence-electron chi connectivity index (χ3n) is 5.80. The summed E-state index contributed by atoms with van der Waals surface area (Å²) >= 11 is 0. The minimum Gasteiger partial charge on any atom is -0.508 e. The normalized spacial score (nSPS) is 27.0. The van der Waals surface area contributed by atoms with Crippen LogP contribution in [0.1, 0.15) is 76.5 Å². The lowest BCUT2D eigenvalue weighted by Crippen LogP contribution is -2.40. The Hall–Kier alpha value is -1.24. The van der Waals surface area contributed by atoms with Crippen LogP contribution in [-0.4, -0.2) is 5.11 Å². The molecule has 21 heavy (non-hydrogen) atoms. The van der Waals surface area contributed by atoms with E-state index < -0.39 is 0 Å². The van der Waals surface area contributed by atoms with Gasteiger partial charge >= 0.3 is 0 Å². The minimum atomic E-state index is 0.113. The van der Waals surface area contributed by atoms with E-state index in [0.717, 1.165) is 12.0 Å². The van der Waals surface area contributed by atoms with Gasteiger partial charge in [0.25, 0.3) is 0 Å². The molecule has 1 heteroatoms. The van der Waals surface area contributed by atoms with Crippen molar-refractivity contribution in [2.75, 3.05) is 0 Å². The molecule has 1 N–H and O–H groups in total. The fourth-order valence-corrected chi connectivity index (χ4v) is 4.69. The van der Waals surface area contributed by atoms with Crippen molar-refractivity contribution in [3.8, 4) is 5.75 Å². The van der Waals surface area contributed by atoms with Gasteiger partial charge in [-0.3, -0.25) is 0 Å². The first-order valence-corrected chi connectivity index (χ1v) is 8.33. The summed E-state index contributed by atoms with van der Waals surface area (Å²) in [5.74, 6) is 0.853. The van der Waals surface area contributed by atoms with Crippen LogP contribution in [0, 0.1) is 5.41 Å². The van der Waals surface area contributed by atoms with Gasteiger partial charge < -0.3 is 5.11 Å². The van der Waals surface area contributed by atoms with E-state index in [2.05, 4.69) is 52.8 Å². The number of rotatable bonds is 1. The average Bonchev–Trinajstić information content (AvgIpc) is 2.37. The Labute approximate surface area is 129 Å². The summed E-state index contributed by atoms with van der Waals surface area (Å²) in [5.41, 5.74) is 5.86. The van der Waals surface area contributed by atoms with Crippen molar-refractivity contribution < 1.29 is 5.11 Å². The van der Waals surface area contributed by atoms with E-state index in [1.54, 1.807) is 5.57 Å². The molecule has 2 aliphatic rings. The predicted octanol–water partition coefficient (Wildman–Crippen LogP) is 5.47. The van der Waals surface area contributed by atoms with Crippen LogP contribution in [0.15, 0.2) is 23.8 Å². The molecule has 1 fully saturated rings. The number of hydrogen-bond acceptors (Lipinski definition) is 1. The number of hydrogen-bond donors (Lipinski definition) is 1. The topological polar surface area (TPSA) is 20.2 Å². The standard InChI is InChI=1S/C20H28O/c1-13(2)15-11-14-7-8-18-19(3,4)9-6-10-20(18,5)16(14)12-17(15)21/h8,11-13,21H,6-7,9-10H2,1-5H3/t20-/m0/s1. The lowest BCUT2D eigenvalue weighted by Gasteiger charge is -2.49. The molecular formula is C20H28O. The SMILES string of the molecule is CC(C)c1cc2c(cc1O)[C@]1(C)CCCC(C)(C)C1=CC2. The largest absolute Gasteiger partial charge is 0.508 e. The van der Waals surface area contributed by atoms with Crippen molar-refractivity contribution >= 4 is 0 Å². The highest BCUT2D eigenvalue weighted by molar-refractivity contribution is 5.54. The second-order valence-electron chi connectivity index (χ2n) is 8.11. The van der Waals surface area contributed by atoms with Gasteiger partial charge in [0.1, 0.15) is 5.75 Å². The number of phenols is 1. The van der Waals surface area contributed by atoms with Crippen molar-refractivity contribution in [1.29, 1.82) is 0 Å². The molecule has 114 valence electrons. The lowest BCUT2D eigenvalue weighted by atomic mass is 9.55. The molecule has 1 saturated carbocycles. The maximum absolute atomic E-state index is 10.5. The summed E-state index contributed by atoms with van der Waals surface area (Å²) in [4.78, 5) is 0. The third kappa shape index (κ3) is 2.13. The van der Waals surface area contributed by atoms with Gasteiger partial charge in [-0.25, -0.2) is 0 Å². The van der Waals surface area contributed by atoms with E-state index in [1.165, 1.54) is 30.4 Å². The summed E-state index contributed by atoms with van der Waals surface area (Å²) in [5, 5.41) is 10.5. The van der Waals surface area contributed by atoms with Crippen LogP contribution in [0.3, 0.4) is 0 Å². The molecule has 0 bridgehead atoms. The predicted molar refractivity (Wildman–Crippen MR) is 89.0 cm³/mol. The van der Waals surface area contributed by atoms with Crippen LogP contribution in [0.2, 0.25) is 0 Å². The van der Waals surface area contributed by atoms with Gasteiger partial charge in [-0.15, -0.1) is 0 Å². The molecule has 1 atom stereocenters. The van der Waals surface area contributed by atoms with Crippen molar-refractivity contribution in [3.05, 3.63) is 40.5 Å². The second-order valence-corrected chi connectivity index (χ2v) is 8.11. The lowest BCUT2D eigenvalue weighted by molar-refractivity contribution is 0.253. The molecule has 1 nitrogen and oxygen atoms in total. The molecule has 0 unspecified atom stereocenters. The smallest absolute Gasteiger partial charge is 0.119 e. The molecule has 1 aromatic carbocycles. The van der Waals surface area contributed by atoms with Crippen molar-refractivity contribution in [2.45, 2.75) is 71.6 Å². The highest BCUT2D eigenvalue weighted by atomic mass is 16.3. The number of benzene rings is 1. The van der Waals surface area contributed by atoms with Crippen LogP contribution >= 0.6 is 0 Å². The molecule has 0 amide bonds. The summed E-state index contributed by atoms with van der Waals surface area (Å²) in [7, 11) is 0. The van der Waals surface area contributed by atoms with E-state index in [1.807, 2.05) is 0 Å². The van der Waals surface area contributed by atoms with Crippen molar-refractivity contribution in [2.24, 2.45) is 5.41 Å². The fourth-order valence-electron chi connectivity index (χ4n) is 4.69. The zero-order chi connectivity index (χ0) is 15.4. The molecule has 0 aliphatic heterocycles. The Balaban J connectivity index is 2.16. The Morgan fingerprint density at radius 3 is 2.48 bits per heavy atom. The zero-order valence-electron chi connectivity index (χ0n) is 14.1. The van der Waals surface area contributed by atoms with Crippen molar-refractivity contribution in [3.63, 3.8) is 0 Å². The molecule has 1 aromatic rings. The molecule has 0 saturated heterocycles. The van der Waals surface area contributed by atoms with E-state index in [0.29, 0.717) is 11.7 Å². The number of phenolic OH excluding ortho intramolecular Hbond substituents is 1. The Kier molecular flexibility index (Phi) is 3.24. The van der Waals surface area contributed by atoms with Crippen LogP contribution in [0.5, 0.6) is 5.75 Å². The molecule has 0 radical (unpaired) electrons. The number of fused-ring (bicyclic) bond motifs is 3. The minimum absolute atomic E-state index is 0.113. The Morgan fingerprint density at radius 2 is 1.81 bits per heavy atom. The van der Waals surface area contributed by atoms with Crippen LogP contribution in [0.25, 0.3) is 0 Å². The van der Waals surface area contributed by atoms with Gasteiger partial charge in [-0.1, -0.05) is 58.8 Å². The monoisotopic (exact) mass is 284 g/mol. The summed E-state index contributed by atoms with van der Waals surface area (Å²) < 4.78 is 0. The van der Waals surface area contributed by atoms with Crippen molar-refractivity contribution in [1.82, 2.24) is 0 Å². The molecule has 0 aromatic heterocycles. The quantitative estimate of drug-likeness (QED) is 0.678. The average molecular weight is 284 g/mol. The molecule has 0 heterocycles. The molecule has 2 aliphatic carbocycles. The highest BCUT2D eigenvalue weighted by Gasteiger charge is 2.45.